The monoisotopic (exact) mass is 262 g/mol. The highest BCUT2D eigenvalue weighted by Gasteiger charge is 2.40. The number of hydrogen-bond donors (Lipinski definition) is 0. The normalized spacial score (nSPS) is 14.1. The highest BCUT2D eigenvalue weighted by molar-refractivity contribution is 5.84. The van der Waals surface area contributed by atoms with Crippen molar-refractivity contribution in [3.8, 4) is 23.3 Å². The lowest BCUT2D eigenvalue weighted by Crippen LogP contribution is -2.17. The van der Waals surface area contributed by atoms with E-state index in [9.17, 15) is 9.65 Å². The topological polar surface area (TPSA) is 47.6 Å². The van der Waals surface area contributed by atoms with Crippen molar-refractivity contribution in [3.63, 3.8) is 0 Å². The zero-order valence-corrected chi connectivity index (χ0v) is 11.2. The molecule has 0 aromatic heterocycles. The van der Waals surface area contributed by atoms with E-state index in [0.29, 0.717) is 16.7 Å². The van der Waals surface area contributed by atoms with Gasteiger partial charge in [-0.05, 0) is 22.8 Å². The second-order valence-electron chi connectivity index (χ2n) is 5.43. The largest absolute Gasteiger partial charge is 0.205 e. The second kappa shape index (κ2) is 3.92. The third-order valence-electron chi connectivity index (χ3n) is 4.00. The minimum absolute atomic E-state index is 0.0761. The van der Waals surface area contributed by atoms with Gasteiger partial charge in [0.1, 0.15) is 11.9 Å². The van der Waals surface area contributed by atoms with Gasteiger partial charge in [0.15, 0.2) is 0 Å². The Morgan fingerprint density at radius 1 is 1.05 bits per heavy atom. The van der Waals surface area contributed by atoms with Gasteiger partial charge in [0, 0.05) is 11.0 Å². The first-order chi connectivity index (χ1) is 9.52. The third-order valence-corrected chi connectivity index (χ3v) is 4.00. The van der Waals surface area contributed by atoms with Crippen molar-refractivity contribution in [1.82, 2.24) is 0 Å². The molecule has 2 aromatic rings. The molecule has 96 valence electrons. The highest BCUT2D eigenvalue weighted by atomic mass is 19.1. The summed E-state index contributed by atoms with van der Waals surface area (Å²) in [5.74, 6) is -0.528. The van der Waals surface area contributed by atoms with E-state index >= 15 is 0 Å². The molecule has 0 saturated carbocycles. The van der Waals surface area contributed by atoms with Crippen LogP contribution in [0.25, 0.3) is 11.1 Å². The van der Waals surface area contributed by atoms with Crippen molar-refractivity contribution in [2.45, 2.75) is 19.3 Å². The van der Waals surface area contributed by atoms with E-state index in [1.165, 1.54) is 6.07 Å². The van der Waals surface area contributed by atoms with Gasteiger partial charge >= 0.3 is 0 Å². The molecule has 0 radical (unpaired) electrons. The quantitative estimate of drug-likeness (QED) is 0.723. The van der Waals surface area contributed by atoms with E-state index in [0.717, 1.165) is 11.1 Å². The Morgan fingerprint density at radius 2 is 1.70 bits per heavy atom. The molecule has 0 fully saturated rings. The fraction of sp³-hybridized carbons (Fsp3) is 0.176. The van der Waals surface area contributed by atoms with Crippen molar-refractivity contribution in [1.29, 1.82) is 10.5 Å². The molecule has 0 aliphatic heterocycles. The molecule has 0 amide bonds. The molecule has 3 rings (SSSR count). The van der Waals surface area contributed by atoms with E-state index < -0.39 is 11.2 Å². The van der Waals surface area contributed by atoms with Gasteiger partial charge in [0.2, 0.25) is 0 Å². The number of nitrogens with zero attached hydrogens (tertiary/aromatic N) is 2. The number of benzene rings is 2. The number of nitriles is 2. The number of halogens is 1. The summed E-state index contributed by atoms with van der Waals surface area (Å²) in [5, 5.41) is 18.4. The maximum atomic E-state index is 14.6. The van der Waals surface area contributed by atoms with E-state index in [-0.39, 0.29) is 5.56 Å². The van der Waals surface area contributed by atoms with Crippen LogP contribution in [0.2, 0.25) is 0 Å². The molecule has 0 N–H and O–H groups in total. The van der Waals surface area contributed by atoms with Crippen LogP contribution in [0.15, 0.2) is 30.3 Å². The van der Waals surface area contributed by atoms with Crippen LogP contribution >= 0.6 is 0 Å². The summed E-state index contributed by atoms with van der Waals surface area (Å²) in [5.41, 5.74) is 2.70. The van der Waals surface area contributed by atoms with Gasteiger partial charge in [-0.2, -0.15) is 10.5 Å². The standard InChI is InChI=1S/C17H11FN2/c1-17(2)13-6-4-3-5-12(13)14-15(17)10(8-19)7-11(9-20)16(14)18/h3-7H,1-2H3. The lowest BCUT2D eigenvalue weighted by atomic mass is 9.80. The third kappa shape index (κ3) is 1.35. The summed E-state index contributed by atoms with van der Waals surface area (Å²) < 4.78 is 14.6. The molecule has 2 nitrogen and oxygen atoms in total. The Hall–Kier alpha value is -2.65. The van der Waals surface area contributed by atoms with E-state index in [1.54, 1.807) is 0 Å². The molecule has 0 saturated heterocycles. The van der Waals surface area contributed by atoms with Gasteiger partial charge in [-0.15, -0.1) is 0 Å². The molecule has 0 spiro atoms. The van der Waals surface area contributed by atoms with Crippen molar-refractivity contribution in [3.05, 3.63) is 58.4 Å². The average molecular weight is 262 g/mol. The van der Waals surface area contributed by atoms with Crippen LogP contribution in [0.5, 0.6) is 0 Å². The highest BCUT2D eigenvalue weighted by Crippen LogP contribution is 2.51. The lowest BCUT2D eigenvalue weighted by Gasteiger charge is -2.22. The van der Waals surface area contributed by atoms with E-state index in [4.69, 9.17) is 5.26 Å². The Morgan fingerprint density at radius 3 is 2.35 bits per heavy atom. The van der Waals surface area contributed by atoms with Crippen molar-refractivity contribution in [2.24, 2.45) is 0 Å². The SMILES string of the molecule is CC1(C)c2ccccc2-c2c(F)c(C#N)cc(C#N)c21. The molecule has 0 bridgehead atoms. The fourth-order valence-corrected chi connectivity index (χ4v) is 3.11. The first-order valence-electron chi connectivity index (χ1n) is 6.29. The van der Waals surface area contributed by atoms with Crippen LogP contribution in [0.4, 0.5) is 4.39 Å². The van der Waals surface area contributed by atoms with Gasteiger partial charge in [0.05, 0.1) is 17.2 Å². The second-order valence-corrected chi connectivity index (χ2v) is 5.43. The zero-order chi connectivity index (χ0) is 14.5. The zero-order valence-electron chi connectivity index (χ0n) is 11.2. The molecule has 1 aliphatic rings. The molecular formula is C17H11FN2. The van der Waals surface area contributed by atoms with Crippen molar-refractivity contribution in [2.75, 3.05) is 0 Å². The summed E-state index contributed by atoms with van der Waals surface area (Å²) in [4.78, 5) is 0. The summed E-state index contributed by atoms with van der Waals surface area (Å²) >= 11 is 0. The van der Waals surface area contributed by atoms with E-state index in [1.807, 2.05) is 44.2 Å². The van der Waals surface area contributed by atoms with Crippen LogP contribution in [-0.4, -0.2) is 0 Å². The summed E-state index contributed by atoms with van der Waals surface area (Å²) in [6.45, 7) is 3.95. The lowest BCUT2D eigenvalue weighted by molar-refractivity contribution is 0.616. The molecular weight excluding hydrogens is 251 g/mol. The maximum absolute atomic E-state index is 14.6. The molecule has 2 aromatic carbocycles. The fourth-order valence-electron chi connectivity index (χ4n) is 3.11. The van der Waals surface area contributed by atoms with Gasteiger partial charge in [-0.3, -0.25) is 0 Å². The molecule has 0 atom stereocenters. The maximum Gasteiger partial charge on any atom is 0.149 e. The minimum Gasteiger partial charge on any atom is -0.205 e. The summed E-state index contributed by atoms with van der Waals surface area (Å²) in [7, 11) is 0. The Balaban J connectivity index is 2.54. The van der Waals surface area contributed by atoms with Crippen molar-refractivity contribution >= 4 is 0 Å². The predicted molar refractivity (Wildman–Crippen MR) is 73.4 cm³/mol. The van der Waals surface area contributed by atoms with Gasteiger partial charge in [-0.1, -0.05) is 38.1 Å². The molecule has 3 heteroatoms. The predicted octanol–water partition coefficient (Wildman–Crippen LogP) is 3.88. The number of hydrogen-bond acceptors (Lipinski definition) is 2. The number of rotatable bonds is 0. The Labute approximate surface area is 116 Å². The van der Waals surface area contributed by atoms with Crippen LogP contribution < -0.4 is 0 Å². The van der Waals surface area contributed by atoms with Gasteiger partial charge in [-0.25, -0.2) is 4.39 Å². The minimum atomic E-state index is -0.528. The smallest absolute Gasteiger partial charge is 0.149 e. The van der Waals surface area contributed by atoms with Crippen LogP contribution in [0.1, 0.15) is 36.1 Å². The van der Waals surface area contributed by atoms with Gasteiger partial charge < -0.3 is 0 Å². The summed E-state index contributed by atoms with van der Waals surface area (Å²) in [6, 6.07) is 12.8. The van der Waals surface area contributed by atoms with Crippen molar-refractivity contribution < 1.29 is 4.39 Å². The molecule has 0 unspecified atom stereocenters. The Kier molecular flexibility index (Phi) is 2.43. The summed E-state index contributed by atoms with van der Waals surface area (Å²) in [6.07, 6.45) is 0. The van der Waals surface area contributed by atoms with Crippen LogP contribution in [-0.2, 0) is 5.41 Å². The first kappa shape index (κ1) is 12.4. The van der Waals surface area contributed by atoms with Crippen LogP contribution in [0.3, 0.4) is 0 Å². The van der Waals surface area contributed by atoms with Crippen LogP contribution in [0, 0.1) is 28.5 Å². The number of fused-ring (bicyclic) bond motifs is 3. The van der Waals surface area contributed by atoms with E-state index in [2.05, 4.69) is 6.07 Å². The molecule has 1 aliphatic carbocycles. The van der Waals surface area contributed by atoms with Gasteiger partial charge in [0.25, 0.3) is 0 Å². The first-order valence-corrected chi connectivity index (χ1v) is 6.29. The molecule has 0 heterocycles. The molecule has 20 heavy (non-hydrogen) atoms. The average Bonchev–Trinajstić information content (AvgIpc) is 2.70. The Bertz CT molecular complexity index is 820.